The number of carbonyl (C=O) groups excluding carboxylic acids is 1. The number of rotatable bonds is 7. The molecule has 0 saturated carbocycles. The third-order valence-corrected chi connectivity index (χ3v) is 6.59. The van der Waals surface area contributed by atoms with Gasteiger partial charge < -0.3 is 5.32 Å². The van der Waals surface area contributed by atoms with E-state index < -0.39 is 10.0 Å². The molecular weight excluding hydrogens is 348 g/mol. The molecule has 0 aliphatic carbocycles. The maximum Gasteiger partial charge on any atom is 0.255 e. The summed E-state index contributed by atoms with van der Waals surface area (Å²) in [7, 11) is -3.58. The van der Waals surface area contributed by atoms with Gasteiger partial charge in [0.25, 0.3) is 5.91 Å². The Morgan fingerprint density at radius 2 is 1.62 bits per heavy atom. The molecular formula is C20H26N2O3S. The fourth-order valence-corrected chi connectivity index (χ4v) is 4.46. The van der Waals surface area contributed by atoms with Gasteiger partial charge in [-0.25, -0.2) is 8.42 Å². The number of nitrogens with one attached hydrogen (secondary N) is 1. The first kappa shape index (κ1) is 20.1. The molecule has 0 saturated heterocycles. The molecule has 0 heterocycles. The van der Waals surface area contributed by atoms with Crippen molar-refractivity contribution in [2.45, 2.75) is 39.0 Å². The summed E-state index contributed by atoms with van der Waals surface area (Å²) in [4.78, 5) is 12.7. The summed E-state index contributed by atoms with van der Waals surface area (Å²) < 4.78 is 27.0. The summed E-state index contributed by atoms with van der Waals surface area (Å²) in [5, 5.41) is 2.79. The van der Waals surface area contributed by atoms with Gasteiger partial charge >= 0.3 is 0 Å². The van der Waals surface area contributed by atoms with Crippen LogP contribution >= 0.6 is 0 Å². The number of nitrogens with zero attached hydrogens (tertiary/aromatic N) is 1. The zero-order valence-corrected chi connectivity index (χ0v) is 16.6. The third-order valence-electron chi connectivity index (χ3n) is 4.39. The number of hydrogen-bond donors (Lipinski definition) is 1. The zero-order chi connectivity index (χ0) is 19.3. The Kier molecular flexibility index (Phi) is 6.56. The minimum atomic E-state index is -3.58. The summed E-state index contributed by atoms with van der Waals surface area (Å²) in [5.74, 6) is -0.261. The van der Waals surface area contributed by atoms with Crippen molar-refractivity contribution in [1.82, 2.24) is 4.31 Å². The predicted octanol–water partition coefficient (Wildman–Crippen LogP) is 3.84. The van der Waals surface area contributed by atoms with Crippen LogP contribution in [0, 0.1) is 6.92 Å². The van der Waals surface area contributed by atoms with E-state index in [1.54, 1.807) is 31.2 Å². The van der Waals surface area contributed by atoms with Gasteiger partial charge in [0.05, 0.1) is 4.90 Å². The number of aryl methyl sites for hydroxylation is 2. The van der Waals surface area contributed by atoms with Crippen LogP contribution in [0.4, 0.5) is 5.69 Å². The smallest absolute Gasteiger partial charge is 0.255 e. The molecule has 0 aromatic heterocycles. The maximum absolute atomic E-state index is 12.8. The third kappa shape index (κ3) is 4.31. The predicted molar refractivity (Wildman–Crippen MR) is 105 cm³/mol. The van der Waals surface area contributed by atoms with E-state index >= 15 is 0 Å². The number of anilines is 1. The second-order valence-corrected chi connectivity index (χ2v) is 7.98. The van der Waals surface area contributed by atoms with Crippen LogP contribution in [0.1, 0.15) is 42.3 Å². The van der Waals surface area contributed by atoms with E-state index in [4.69, 9.17) is 0 Å². The van der Waals surface area contributed by atoms with Crippen molar-refractivity contribution in [3.05, 3.63) is 59.2 Å². The van der Waals surface area contributed by atoms with Crippen molar-refractivity contribution in [3.8, 4) is 0 Å². The van der Waals surface area contributed by atoms with E-state index in [2.05, 4.69) is 12.2 Å². The fourth-order valence-electron chi connectivity index (χ4n) is 2.75. The Hall–Kier alpha value is -2.18. The topological polar surface area (TPSA) is 66.5 Å². The van der Waals surface area contributed by atoms with E-state index in [1.807, 2.05) is 26.0 Å². The number of benzene rings is 2. The molecule has 140 valence electrons. The fraction of sp³-hybridized carbons (Fsp3) is 0.350. The van der Waals surface area contributed by atoms with Crippen molar-refractivity contribution >= 4 is 21.6 Å². The van der Waals surface area contributed by atoms with Gasteiger partial charge in [0, 0.05) is 24.3 Å². The monoisotopic (exact) mass is 374 g/mol. The van der Waals surface area contributed by atoms with Gasteiger partial charge in [-0.3, -0.25) is 4.79 Å². The number of sulfonamides is 1. The molecule has 0 aliphatic heterocycles. The lowest BCUT2D eigenvalue weighted by atomic mass is 10.1. The van der Waals surface area contributed by atoms with Crippen LogP contribution in [0.2, 0.25) is 0 Å². The minimum Gasteiger partial charge on any atom is -0.322 e. The summed E-state index contributed by atoms with van der Waals surface area (Å²) in [6.45, 7) is 8.23. The quantitative estimate of drug-likeness (QED) is 0.801. The average Bonchev–Trinajstić information content (AvgIpc) is 2.64. The van der Waals surface area contributed by atoms with Crippen LogP contribution in [0.5, 0.6) is 0 Å². The first-order chi connectivity index (χ1) is 12.3. The molecule has 0 fully saturated rings. The number of carbonyl (C=O) groups is 1. The Labute approximate surface area is 156 Å². The molecule has 6 heteroatoms. The second-order valence-electron chi connectivity index (χ2n) is 6.07. The average molecular weight is 375 g/mol. The summed E-state index contributed by atoms with van der Waals surface area (Å²) in [6, 6.07) is 12.3. The highest BCUT2D eigenvalue weighted by molar-refractivity contribution is 7.89. The molecule has 2 aromatic rings. The first-order valence-electron chi connectivity index (χ1n) is 8.84. The Balaban J connectivity index is 2.30. The highest BCUT2D eigenvalue weighted by Gasteiger charge is 2.24. The molecule has 1 N–H and O–H groups in total. The molecule has 0 unspecified atom stereocenters. The lowest BCUT2D eigenvalue weighted by Gasteiger charge is -2.20. The van der Waals surface area contributed by atoms with Crippen molar-refractivity contribution in [1.29, 1.82) is 0 Å². The van der Waals surface area contributed by atoms with Crippen molar-refractivity contribution < 1.29 is 13.2 Å². The van der Waals surface area contributed by atoms with Crippen molar-refractivity contribution in [3.63, 3.8) is 0 Å². The van der Waals surface area contributed by atoms with Gasteiger partial charge in [-0.2, -0.15) is 4.31 Å². The first-order valence-corrected chi connectivity index (χ1v) is 10.3. The van der Waals surface area contributed by atoms with Crippen LogP contribution in [-0.4, -0.2) is 31.7 Å². The second kappa shape index (κ2) is 8.47. The van der Waals surface area contributed by atoms with Crippen LogP contribution in [0.25, 0.3) is 0 Å². The van der Waals surface area contributed by atoms with E-state index in [9.17, 15) is 13.2 Å². The van der Waals surface area contributed by atoms with Crippen molar-refractivity contribution in [2.75, 3.05) is 18.4 Å². The van der Waals surface area contributed by atoms with Gasteiger partial charge in [-0.15, -0.1) is 0 Å². The highest BCUT2D eigenvalue weighted by Crippen LogP contribution is 2.24. The van der Waals surface area contributed by atoms with Gasteiger partial charge in [0.1, 0.15) is 0 Å². The number of amides is 1. The van der Waals surface area contributed by atoms with E-state index in [0.717, 1.165) is 12.0 Å². The van der Waals surface area contributed by atoms with Crippen LogP contribution in [0.3, 0.4) is 0 Å². The van der Waals surface area contributed by atoms with Crippen molar-refractivity contribution in [2.24, 2.45) is 0 Å². The highest BCUT2D eigenvalue weighted by atomic mass is 32.2. The largest absolute Gasteiger partial charge is 0.322 e. The normalized spacial score (nSPS) is 11.6. The molecule has 2 rings (SSSR count). The van der Waals surface area contributed by atoms with Gasteiger partial charge in [0.15, 0.2) is 0 Å². The number of hydrogen-bond acceptors (Lipinski definition) is 3. The molecule has 0 aliphatic rings. The van der Waals surface area contributed by atoms with E-state index in [-0.39, 0.29) is 10.8 Å². The van der Waals surface area contributed by atoms with E-state index in [0.29, 0.717) is 29.9 Å². The molecule has 5 nitrogen and oxygen atoms in total. The zero-order valence-electron chi connectivity index (χ0n) is 15.7. The molecule has 0 atom stereocenters. The van der Waals surface area contributed by atoms with Gasteiger partial charge in [0.2, 0.25) is 10.0 Å². The SMILES string of the molecule is CCc1ccc(C(=O)Nc2ccc(C)c(S(=O)(=O)N(CC)CC)c2)cc1. The Morgan fingerprint density at radius 3 is 2.15 bits per heavy atom. The van der Waals surface area contributed by atoms with Crippen LogP contribution in [-0.2, 0) is 16.4 Å². The van der Waals surface area contributed by atoms with Crippen LogP contribution < -0.4 is 5.32 Å². The van der Waals surface area contributed by atoms with E-state index in [1.165, 1.54) is 10.4 Å². The molecule has 2 aromatic carbocycles. The molecule has 0 spiro atoms. The standard InChI is InChI=1S/C20H26N2O3S/c1-5-16-9-11-17(12-10-16)20(23)21-18-13-8-15(4)19(14-18)26(24,25)22(6-2)7-3/h8-14H,5-7H2,1-4H3,(H,21,23). The molecule has 26 heavy (non-hydrogen) atoms. The van der Waals surface area contributed by atoms with Gasteiger partial charge in [-0.05, 0) is 48.7 Å². The van der Waals surface area contributed by atoms with Crippen LogP contribution in [0.15, 0.2) is 47.4 Å². The minimum absolute atomic E-state index is 0.223. The lowest BCUT2D eigenvalue weighted by Crippen LogP contribution is -2.31. The summed E-state index contributed by atoms with van der Waals surface area (Å²) in [5.41, 5.74) is 2.81. The Morgan fingerprint density at radius 1 is 1.00 bits per heavy atom. The Bertz CT molecular complexity index is 870. The van der Waals surface area contributed by atoms with Gasteiger partial charge in [-0.1, -0.05) is 39.0 Å². The molecule has 1 amide bonds. The summed E-state index contributed by atoms with van der Waals surface area (Å²) >= 11 is 0. The lowest BCUT2D eigenvalue weighted by molar-refractivity contribution is 0.102. The molecule has 0 bridgehead atoms. The molecule has 0 radical (unpaired) electrons. The maximum atomic E-state index is 12.8. The summed E-state index contributed by atoms with van der Waals surface area (Å²) in [6.07, 6.45) is 0.909.